The number of aryl methyl sites for hydroxylation is 1. The van der Waals surface area contributed by atoms with Crippen molar-refractivity contribution in [2.75, 3.05) is 18.5 Å². The SMILES string of the molecule is Cc1ccc(C(N)=O)c(N(C)CCC(=O)O)n1. The monoisotopic (exact) mass is 237 g/mol. The minimum atomic E-state index is -0.898. The van der Waals surface area contributed by atoms with Crippen LogP contribution in [0, 0.1) is 6.92 Å². The van der Waals surface area contributed by atoms with Crippen molar-refractivity contribution >= 4 is 17.7 Å². The van der Waals surface area contributed by atoms with Crippen molar-refractivity contribution in [2.45, 2.75) is 13.3 Å². The number of amides is 1. The summed E-state index contributed by atoms with van der Waals surface area (Å²) in [5.74, 6) is -1.06. The summed E-state index contributed by atoms with van der Waals surface area (Å²) in [6.45, 7) is 2.06. The van der Waals surface area contributed by atoms with E-state index in [1.54, 1.807) is 31.0 Å². The number of carbonyl (C=O) groups excluding carboxylic acids is 1. The van der Waals surface area contributed by atoms with Gasteiger partial charge in [0.05, 0.1) is 12.0 Å². The van der Waals surface area contributed by atoms with Crippen LogP contribution in [0.5, 0.6) is 0 Å². The van der Waals surface area contributed by atoms with Crippen LogP contribution in [-0.4, -0.2) is 35.6 Å². The molecule has 0 aliphatic carbocycles. The fourth-order valence-electron chi connectivity index (χ4n) is 1.40. The highest BCUT2D eigenvalue weighted by atomic mass is 16.4. The number of aromatic nitrogens is 1. The van der Waals surface area contributed by atoms with E-state index in [1.807, 2.05) is 0 Å². The van der Waals surface area contributed by atoms with Gasteiger partial charge >= 0.3 is 5.97 Å². The Balaban J connectivity index is 2.97. The van der Waals surface area contributed by atoms with Crippen LogP contribution < -0.4 is 10.6 Å². The largest absolute Gasteiger partial charge is 0.481 e. The molecule has 0 saturated carbocycles. The predicted molar refractivity (Wildman–Crippen MR) is 63.0 cm³/mol. The lowest BCUT2D eigenvalue weighted by atomic mass is 10.2. The van der Waals surface area contributed by atoms with E-state index in [-0.39, 0.29) is 13.0 Å². The minimum Gasteiger partial charge on any atom is -0.481 e. The fourth-order valence-corrected chi connectivity index (χ4v) is 1.40. The summed E-state index contributed by atoms with van der Waals surface area (Å²) in [5, 5.41) is 8.60. The van der Waals surface area contributed by atoms with Crippen molar-refractivity contribution in [2.24, 2.45) is 5.73 Å². The van der Waals surface area contributed by atoms with Crippen molar-refractivity contribution in [1.82, 2.24) is 4.98 Å². The maximum absolute atomic E-state index is 11.2. The van der Waals surface area contributed by atoms with Crippen LogP contribution >= 0.6 is 0 Å². The van der Waals surface area contributed by atoms with Gasteiger partial charge in [0, 0.05) is 19.3 Å². The third-order valence-corrected chi connectivity index (χ3v) is 2.30. The number of carbonyl (C=O) groups is 2. The molecule has 1 amide bonds. The molecular formula is C11H15N3O3. The Labute approximate surface area is 99.1 Å². The average molecular weight is 237 g/mol. The maximum atomic E-state index is 11.2. The molecule has 0 aliphatic heterocycles. The Bertz CT molecular complexity index is 446. The van der Waals surface area contributed by atoms with Gasteiger partial charge in [-0.15, -0.1) is 0 Å². The Morgan fingerprint density at radius 3 is 2.65 bits per heavy atom. The van der Waals surface area contributed by atoms with Crippen molar-refractivity contribution in [3.63, 3.8) is 0 Å². The van der Waals surface area contributed by atoms with E-state index in [4.69, 9.17) is 10.8 Å². The average Bonchev–Trinajstić information content (AvgIpc) is 2.25. The molecule has 1 aromatic rings. The molecule has 6 heteroatoms. The van der Waals surface area contributed by atoms with Crippen molar-refractivity contribution < 1.29 is 14.7 Å². The lowest BCUT2D eigenvalue weighted by Gasteiger charge is -2.19. The van der Waals surface area contributed by atoms with E-state index < -0.39 is 11.9 Å². The second kappa shape index (κ2) is 5.29. The predicted octanol–water partition coefficient (Wildman–Crippen LogP) is 0.400. The van der Waals surface area contributed by atoms with Gasteiger partial charge in [0.2, 0.25) is 0 Å². The molecule has 0 aromatic carbocycles. The van der Waals surface area contributed by atoms with Crippen LogP contribution in [0.2, 0.25) is 0 Å². The zero-order valence-electron chi connectivity index (χ0n) is 9.80. The van der Waals surface area contributed by atoms with Gasteiger partial charge < -0.3 is 15.7 Å². The van der Waals surface area contributed by atoms with Crippen molar-refractivity contribution in [1.29, 1.82) is 0 Å². The highest BCUT2D eigenvalue weighted by Crippen LogP contribution is 2.17. The number of anilines is 1. The summed E-state index contributed by atoms with van der Waals surface area (Å²) in [6.07, 6.45) is -0.0235. The lowest BCUT2D eigenvalue weighted by Crippen LogP contribution is -2.26. The molecule has 92 valence electrons. The highest BCUT2D eigenvalue weighted by molar-refractivity contribution is 5.97. The number of rotatable bonds is 5. The van der Waals surface area contributed by atoms with Gasteiger partial charge in [0.25, 0.3) is 5.91 Å². The van der Waals surface area contributed by atoms with Crippen molar-refractivity contribution in [3.8, 4) is 0 Å². The normalized spacial score (nSPS) is 10.0. The van der Waals surface area contributed by atoms with Crippen molar-refractivity contribution in [3.05, 3.63) is 23.4 Å². The molecule has 0 atom stereocenters. The Morgan fingerprint density at radius 2 is 2.12 bits per heavy atom. The Morgan fingerprint density at radius 1 is 1.47 bits per heavy atom. The summed E-state index contributed by atoms with van der Waals surface area (Å²) in [5.41, 5.74) is 6.27. The number of aliphatic carboxylic acids is 1. The van der Waals surface area contributed by atoms with Gasteiger partial charge in [-0.25, -0.2) is 4.98 Å². The summed E-state index contributed by atoms with van der Waals surface area (Å²) in [6, 6.07) is 3.28. The summed E-state index contributed by atoms with van der Waals surface area (Å²) in [7, 11) is 1.68. The molecule has 0 spiro atoms. The number of carboxylic acid groups (broad SMARTS) is 1. The van der Waals surface area contributed by atoms with Gasteiger partial charge in [-0.3, -0.25) is 9.59 Å². The zero-order chi connectivity index (χ0) is 13.0. The molecule has 6 nitrogen and oxygen atoms in total. The molecule has 0 fully saturated rings. The molecule has 0 bridgehead atoms. The third-order valence-electron chi connectivity index (χ3n) is 2.30. The van der Waals surface area contributed by atoms with E-state index in [0.29, 0.717) is 11.4 Å². The highest BCUT2D eigenvalue weighted by Gasteiger charge is 2.14. The zero-order valence-corrected chi connectivity index (χ0v) is 9.80. The van der Waals surface area contributed by atoms with Gasteiger partial charge in [-0.2, -0.15) is 0 Å². The smallest absolute Gasteiger partial charge is 0.305 e. The number of carboxylic acids is 1. The third kappa shape index (κ3) is 3.44. The van der Waals surface area contributed by atoms with Crippen LogP contribution in [0.4, 0.5) is 5.82 Å². The first-order valence-electron chi connectivity index (χ1n) is 5.12. The van der Waals surface area contributed by atoms with E-state index in [9.17, 15) is 9.59 Å². The van der Waals surface area contributed by atoms with E-state index in [1.165, 1.54) is 0 Å². The molecule has 3 N–H and O–H groups in total. The van der Waals surface area contributed by atoms with Crippen LogP contribution in [-0.2, 0) is 4.79 Å². The molecule has 1 heterocycles. The summed E-state index contributed by atoms with van der Waals surface area (Å²) in [4.78, 5) is 27.5. The quantitative estimate of drug-likeness (QED) is 0.772. The number of hydrogen-bond acceptors (Lipinski definition) is 4. The van der Waals surface area contributed by atoms with Crippen LogP contribution in [0.15, 0.2) is 12.1 Å². The van der Waals surface area contributed by atoms with Gasteiger partial charge in [-0.05, 0) is 19.1 Å². The molecule has 0 unspecified atom stereocenters. The molecular weight excluding hydrogens is 222 g/mol. The van der Waals surface area contributed by atoms with Gasteiger partial charge in [0.1, 0.15) is 5.82 Å². The molecule has 1 rings (SSSR count). The first-order valence-corrected chi connectivity index (χ1v) is 5.12. The molecule has 1 aromatic heterocycles. The van der Waals surface area contributed by atoms with Crippen LogP contribution in [0.1, 0.15) is 22.5 Å². The Hall–Kier alpha value is -2.11. The second-order valence-corrected chi connectivity index (χ2v) is 3.75. The molecule has 0 radical (unpaired) electrons. The fraction of sp³-hybridized carbons (Fsp3) is 0.364. The summed E-state index contributed by atoms with van der Waals surface area (Å²) >= 11 is 0. The molecule has 0 saturated heterocycles. The topological polar surface area (TPSA) is 96.5 Å². The Kier molecular flexibility index (Phi) is 4.03. The van der Waals surface area contributed by atoms with Crippen LogP contribution in [0.3, 0.4) is 0 Å². The van der Waals surface area contributed by atoms with E-state index >= 15 is 0 Å². The van der Waals surface area contributed by atoms with E-state index in [0.717, 1.165) is 5.69 Å². The van der Waals surface area contributed by atoms with Crippen LogP contribution in [0.25, 0.3) is 0 Å². The van der Waals surface area contributed by atoms with Gasteiger partial charge in [-0.1, -0.05) is 0 Å². The minimum absolute atomic E-state index is 0.0235. The second-order valence-electron chi connectivity index (χ2n) is 3.75. The lowest BCUT2D eigenvalue weighted by molar-refractivity contribution is -0.136. The first kappa shape index (κ1) is 13.0. The molecule has 17 heavy (non-hydrogen) atoms. The standard InChI is InChI=1S/C11H15N3O3/c1-7-3-4-8(10(12)17)11(13-7)14(2)6-5-9(15)16/h3-4H,5-6H2,1-2H3,(H2,12,17)(H,15,16). The summed E-state index contributed by atoms with van der Waals surface area (Å²) < 4.78 is 0. The first-order chi connectivity index (χ1) is 7.91. The van der Waals surface area contributed by atoms with Gasteiger partial charge in [0.15, 0.2) is 0 Å². The maximum Gasteiger partial charge on any atom is 0.305 e. The number of nitrogens with two attached hydrogens (primary N) is 1. The number of nitrogens with zero attached hydrogens (tertiary/aromatic N) is 2. The number of pyridine rings is 1. The van der Waals surface area contributed by atoms with E-state index in [2.05, 4.69) is 4.98 Å². The number of hydrogen-bond donors (Lipinski definition) is 2. The molecule has 0 aliphatic rings. The number of primary amides is 1.